The van der Waals surface area contributed by atoms with Crippen LogP contribution in [0.4, 0.5) is 20.3 Å². The number of amidine groups is 2. The highest BCUT2D eigenvalue weighted by molar-refractivity contribution is 8.12. The van der Waals surface area contributed by atoms with Crippen molar-refractivity contribution >= 4 is 34.5 Å². The third-order valence-corrected chi connectivity index (χ3v) is 5.34. The van der Waals surface area contributed by atoms with Gasteiger partial charge < -0.3 is 15.0 Å². The Labute approximate surface area is 196 Å². The molecule has 174 valence electrons. The van der Waals surface area contributed by atoms with Crippen LogP contribution in [0, 0.1) is 11.6 Å². The number of anilines is 1. The molecular formula is C23H26F2N6OS. The van der Waals surface area contributed by atoms with Crippen molar-refractivity contribution in [2.24, 2.45) is 9.39 Å². The average Bonchev–Trinajstić information content (AvgIpc) is 2.77. The lowest BCUT2D eigenvalue weighted by Gasteiger charge is -2.21. The maximum Gasteiger partial charge on any atom is 0.190 e. The lowest BCUT2D eigenvalue weighted by molar-refractivity contribution is 0.158. The van der Waals surface area contributed by atoms with Crippen molar-refractivity contribution in [3.8, 4) is 0 Å². The summed E-state index contributed by atoms with van der Waals surface area (Å²) in [5, 5.41) is 3.54. The van der Waals surface area contributed by atoms with Gasteiger partial charge in [0.25, 0.3) is 0 Å². The van der Waals surface area contributed by atoms with Gasteiger partial charge in [-0.25, -0.2) is 18.8 Å². The maximum absolute atomic E-state index is 14.2. The second-order valence-corrected chi connectivity index (χ2v) is 8.10. The minimum absolute atomic E-state index is 0.200. The Morgan fingerprint density at radius 2 is 2.00 bits per heavy atom. The van der Waals surface area contributed by atoms with Gasteiger partial charge in [-0.15, -0.1) is 0 Å². The SMILES string of the molecule is C=C1/C=C\C(N(C)c2ccc(F)cc2F)=N/SC(=Nc2ccc(CN(C)CCOC)cn2)N1. The number of hydrogen-bond acceptors (Lipinski definition) is 7. The Balaban J connectivity index is 1.74. The molecule has 0 spiro atoms. The molecular weight excluding hydrogens is 446 g/mol. The molecule has 10 heteroatoms. The van der Waals surface area contributed by atoms with Crippen LogP contribution in [0.5, 0.6) is 0 Å². The van der Waals surface area contributed by atoms with Gasteiger partial charge in [-0.05, 0) is 43.0 Å². The molecule has 3 rings (SSSR count). The van der Waals surface area contributed by atoms with Crippen molar-refractivity contribution in [3.63, 3.8) is 0 Å². The standard InChI is InChI=1S/C23H26F2N6OS/c1-16-5-10-22(31(3)20-8-7-18(24)13-19(20)25)29-33-23(27-16)28-21-9-6-17(14-26-21)15-30(2)11-12-32-4/h5-10,13-14H,1,11-12,15H2,2-4H3,(H,26,27,28)/b10-5-,29-22+. The molecule has 1 aliphatic rings. The van der Waals surface area contributed by atoms with Crippen molar-refractivity contribution in [1.82, 2.24) is 15.2 Å². The number of methoxy groups -OCH3 is 1. The van der Waals surface area contributed by atoms with E-state index in [1.165, 1.54) is 17.0 Å². The number of ether oxygens (including phenoxy) is 1. The summed E-state index contributed by atoms with van der Waals surface area (Å²) in [5.74, 6) is -0.353. The van der Waals surface area contributed by atoms with Crippen LogP contribution in [0.1, 0.15) is 5.56 Å². The predicted octanol–water partition coefficient (Wildman–Crippen LogP) is 4.28. The van der Waals surface area contributed by atoms with Crippen molar-refractivity contribution in [2.75, 3.05) is 39.3 Å². The molecule has 1 aromatic carbocycles. The summed E-state index contributed by atoms with van der Waals surface area (Å²) in [6, 6.07) is 7.21. The second-order valence-electron chi connectivity index (χ2n) is 7.35. The van der Waals surface area contributed by atoms with E-state index in [-0.39, 0.29) is 5.69 Å². The molecule has 2 heterocycles. The number of likely N-dealkylation sites (N-methyl/N-ethyl adjacent to an activating group) is 2. The molecule has 0 saturated carbocycles. The molecule has 0 saturated heterocycles. The average molecular weight is 473 g/mol. The summed E-state index contributed by atoms with van der Waals surface area (Å²) in [5.41, 5.74) is 1.84. The molecule has 1 aromatic heterocycles. The molecule has 0 atom stereocenters. The highest BCUT2D eigenvalue weighted by atomic mass is 32.2. The molecule has 1 N–H and O–H groups in total. The van der Waals surface area contributed by atoms with E-state index in [1.54, 1.807) is 32.5 Å². The summed E-state index contributed by atoms with van der Waals surface area (Å²) >= 11 is 1.07. The van der Waals surface area contributed by atoms with Gasteiger partial charge in [0.1, 0.15) is 17.5 Å². The van der Waals surface area contributed by atoms with Crippen molar-refractivity contribution in [1.29, 1.82) is 0 Å². The van der Waals surface area contributed by atoms with E-state index in [0.717, 1.165) is 36.7 Å². The number of aromatic nitrogens is 1. The Morgan fingerprint density at radius 1 is 1.18 bits per heavy atom. The molecule has 2 aromatic rings. The zero-order valence-corrected chi connectivity index (χ0v) is 19.6. The third-order valence-electron chi connectivity index (χ3n) is 4.70. The number of pyridine rings is 1. The zero-order chi connectivity index (χ0) is 23.8. The van der Waals surface area contributed by atoms with E-state index in [4.69, 9.17) is 4.74 Å². The zero-order valence-electron chi connectivity index (χ0n) is 18.8. The van der Waals surface area contributed by atoms with Gasteiger partial charge in [-0.1, -0.05) is 12.6 Å². The van der Waals surface area contributed by atoms with Gasteiger partial charge in [-0.2, -0.15) is 4.40 Å². The summed E-state index contributed by atoms with van der Waals surface area (Å²) in [4.78, 5) is 12.6. The van der Waals surface area contributed by atoms with Crippen LogP contribution < -0.4 is 10.2 Å². The highest BCUT2D eigenvalue weighted by Gasteiger charge is 2.15. The van der Waals surface area contributed by atoms with Crippen LogP contribution in [0.2, 0.25) is 0 Å². The van der Waals surface area contributed by atoms with Crippen LogP contribution in [0.3, 0.4) is 0 Å². The van der Waals surface area contributed by atoms with Gasteiger partial charge in [0.05, 0.1) is 24.2 Å². The maximum atomic E-state index is 14.2. The Morgan fingerprint density at radius 3 is 2.70 bits per heavy atom. The topological polar surface area (TPSA) is 65.4 Å². The van der Waals surface area contributed by atoms with Crippen molar-refractivity contribution < 1.29 is 13.5 Å². The summed E-state index contributed by atoms with van der Waals surface area (Å²) in [6.45, 7) is 6.20. The Kier molecular flexibility index (Phi) is 8.70. The first kappa shape index (κ1) is 24.6. The monoisotopic (exact) mass is 472 g/mol. The fourth-order valence-corrected chi connectivity index (χ4v) is 3.59. The summed E-state index contributed by atoms with van der Waals surface area (Å²) in [6.07, 6.45) is 5.18. The molecule has 0 fully saturated rings. The smallest absolute Gasteiger partial charge is 0.190 e. The minimum atomic E-state index is -0.677. The van der Waals surface area contributed by atoms with Crippen molar-refractivity contribution in [2.45, 2.75) is 6.54 Å². The number of hydrogen-bond donors (Lipinski definition) is 1. The fraction of sp³-hybridized carbons (Fsp3) is 0.261. The molecule has 0 radical (unpaired) electrons. The van der Waals surface area contributed by atoms with Crippen LogP contribution >= 0.6 is 11.9 Å². The van der Waals surface area contributed by atoms with Crippen LogP contribution in [-0.4, -0.2) is 55.2 Å². The lowest BCUT2D eigenvalue weighted by Crippen LogP contribution is -2.27. The van der Waals surface area contributed by atoms with Crippen LogP contribution in [-0.2, 0) is 11.3 Å². The molecule has 1 aliphatic heterocycles. The van der Waals surface area contributed by atoms with E-state index in [0.29, 0.717) is 29.1 Å². The highest BCUT2D eigenvalue weighted by Crippen LogP contribution is 2.22. The molecule has 0 aliphatic carbocycles. The van der Waals surface area contributed by atoms with Crippen LogP contribution in [0.15, 0.2) is 70.3 Å². The molecule has 33 heavy (non-hydrogen) atoms. The van der Waals surface area contributed by atoms with Crippen molar-refractivity contribution in [3.05, 3.63) is 78.2 Å². The summed E-state index contributed by atoms with van der Waals surface area (Å²) in [7, 11) is 5.35. The fourth-order valence-electron chi connectivity index (χ4n) is 2.91. The lowest BCUT2D eigenvalue weighted by atomic mass is 10.2. The number of nitrogens with zero attached hydrogens (tertiary/aromatic N) is 5. The van der Waals surface area contributed by atoms with E-state index in [1.807, 2.05) is 19.2 Å². The molecule has 0 bridgehead atoms. The van der Waals surface area contributed by atoms with E-state index in [2.05, 4.69) is 31.2 Å². The van der Waals surface area contributed by atoms with E-state index in [9.17, 15) is 8.78 Å². The summed E-state index contributed by atoms with van der Waals surface area (Å²) < 4.78 is 37.0. The molecule has 0 amide bonds. The number of benzene rings is 1. The number of rotatable bonds is 7. The van der Waals surface area contributed by atoms with E-state index < -0.39 is 11.6 Å². The third kappa shape index (κ3) is 7.21. The van der Waals surface area contributed by atoms with Gasteiger partial charge in [0.15, 0.2) is 11.0 Å². The molecule has 0 unspecified atom stereocenters. The van der Waals surface area contributed by atoms with E-state index >= 15 is 0 Å². The molecule has 7 nitrogen and oxygen atoms in total. The second kappa shape index (κ2) is 11.7. The van der Waals surface area contributed by atoms with Gasteiger partial charge in [0, 0.05) is 45.2 Å². The first-order valence-corrected chi connectivity index (χ1v) is 10.9. The Bertz CT molecular complexity index is 1070. The normalized spacial score (nSPS) is 17.8. The van der Waals surface area contributed by atoms with Gasteiger partial charge in [-0.3, -0.25) is 4.90 Å². The predicted molar refractivity (Wildman–Crippen MR) is 131 cm³/mol. The number of allylic oxidation sites excluding steroid dienone is 1. The number of nitrogens with one attached hydrogen (secondary N) is 1. The minimum Gasteiger partial charge on any atom is -0.383 e. The Hall–Kier alpha value is -3.08. The van der Waals surface area contributed by atoms with Crippen LogP contribution in [0.25, 0.3) is 0 Å². The van der Waals surface area contributed by atoms with Gasteiger partial charge >= 0.3 is 0 Å². The number of halogens is 2. The van der Waals surface area contributed by atoms with Gasteiger partial charge in [0.2, 0.25) is 0 Å². The largest absolute Gasteiger partial charge is 0.383 e. The number of aliphatic imine (C=N–C) groups is 1. The first-order chi connectivity index (χ1) is 15.9. The quantitative estimate of drug-likeness (QED) is 0.607. The first-order valence-electron chi connectivity index (χ1n) is 10.1.